The highest BCUT2D eigenvalue weighted by molar-refractivity contribution is 6.29. The molecule has 2 rings (SSSR count). The number of hydrogen-bond donors (Lipinski definition) is 0. The van der Waals surface area contributed by atoms with Crippen molar-refractivity contribution in [3.05, 3.63) is 5.82 Å². The maximum atomic E-state index is 4.26. The Labute approximate surface area is 84.7 Å². The summed E-state index contributed by atoms with van der Waals surface area (Å²) in [6, 6.07) is 0.390. The topological polar surface area (TPSA) is 46.8 Å². The van der Waals surface area contributed by atoms with Gasteiger partial charge in [-0.2, -0.15) is 4.80 Å². The Morgan fingerprint density at radius 2 is 2.36 bits per heavy atom. The van der Waals surface area contributed by atoms with Crippen LogP contribution in [0.15, 0.2) is 0 Å². The van der Waals surface area contributed by atoms with Crippen molar-refractivity contribution in [2.45, 2.75) is 32.6 Å². The number of hydrogen-bond acceptors (Lipinski definition) is 4. The van der Waals surface area contributed by atoms with Crippen molar-refractivity contribution in [2.75, 3.05) is 13.1 Å². The van der Waals surface area contributed by atoms with Gasteiger partial charge >= 0.3 is 0 Å². The van der Waals surface area contributed by atoms with Gasteiger partial charge < -0.3 is 4.81 Å². The van der Waals surface area contributed by atoms with Gasteiger partial charge in [0.05, 0.1) is 6.04 Å². The maximum absolute atomic E-state index is 4.26. The van der Waals surface area contributed by atoms with Crippen LogP contribution in [0.2, 0.25) is 6.82 Å². The highest BCUT2D eigenvalue weighted by atomic mass is 15.6. The largest absolute Gasteiger partial charge is 0.345 e. The molecule has 0 bridgehead atoms. The summed E-state index contributed by atoms with van der Waals surface area (Å²) in [6.07, 6.45) is 2.36. The van der Waals surface area contributed by atoms with E-state index < -0.39 is 0 Å². The minimum atomic E-state index is 0.390. The van der Waals surface area contributed by atoms with Gasteiger partial charge in [-0.25, -0.2) is 0 Å². The molecule has 1 aromatic rings. The molecule has 5 nitrogen and oxygen atoms in total. The lowest BCUT2D eigenvalue weighted by atomic mass is 9.91. The number of aromatic nitrogens is 4. The van der Waals surface area contributed by atoms with Crippen LogP contribution in [-0.2, 0) is 0 Å². The summed E-state index contributed by atoms with van der Waals surface area (Å²) in [7, 11) is 2.13. The lowest BCUT2D eigenvalue weighted by Gasteiger charge is -2.30. The van der Waals surface area contributed by atoms with E-state index in [0.29, 0.717) is 6.04 Å². The van der Waals surface area contributed by atoms with Crippen LogP contribution in [0.1, 0.15) is 24.7 Å². The van der Waals surface area contributed by atoms with Crippen LogP contribution < -0.4 is 0 Å². The van der Waals surface area contributed by atoms with Gasteiger partial charge in [-0.15, -0.1) is 10.2 Å². The van der Waals surface area contributed by atoms with Gasteiger partial charge in [-0.05, 0) is 31.5 Å². The molecule has 1 fully saturated rings. The molecule has 0 aliphatic carbocycles. The standard InChI is InChI=1S/C8H15BN5/c1-7-10-12-14(11-7)8-4-3-5-13(6-8)9-2/h8H,3-6H2,1-2H3. The van der Waals surface area contributed by atoms with Gasteiger partial charge in [0.25, 0.3) is 0 Å². The fourth-order valence-corrected chi connectivity index (χ4v) is 1.86. The summed E-state index contributed by atoms with van der Waals surface area (Å²) < 4.78 is 0. The first-order valence-electron chi connectivity index (χ1n) is 5.09. The monoisotopic (exact) mass is 192 g/mol. The summed E-state index contributed by atoms with van der Waals surface area (Å²) in [5.41, 5.74) is 0. The van der Waals surface area contributed by atoms with Gasteiger partial charge in [0.2, 0.25) is 7.41 Å². The Bertz CT molecular complexity index is 300. The predicted octanol–water partition coefficient (Wildman–Crippen LogP) is 0.286. The number of nitrogens with zero attached hydrogens (tertiary/aromatic N) is 5. The number of rotatable bonds is 2. The van der Waals surface area contributed by atoms with E-state index in [0.717, 1.165) is 25.3 Å². The van der Waals surface area contributed by atoms with Crippen molar-refractivity contribution in [1.29, 1.82) is 0 Å². The Morgan fingerprint density at radius 1 is 1.50 bits per heavy atom. The quantitative estimate of drug-likeness (QED) is 0.631. The molecule has 1 atom stereocenters. The molecule has 75 valence electrons. The first-order valence-corrected chi connectivity index (χ1v) is 5.09. The molecule has 2 heterocycles. The van der Waals surface area contributed by atoms with Gasteiger partial charge in [-0.1, -0.05) is 6.82 Å². The molecule has 1 unspecified atom stereocenters. The van der Waals surface area contributed by atoms with E-state index >= 15 is 0 Å². The Kier molecular flexibility index (Phi) is 2.81. The van der Waals surface area contributed by atoms with E-state index in [-0.39, 0.29) is 0 Å². The van der Waals surface area contributed by atoms with Crippen LogP contribution in [0.5, 0.6) is 0 Å². The summed E-state index contributed by atoms with van der Waals surface area (Å²) in [5, 5.41) is 12.2. The van der Waals surface area contributed by atoms with E-state index in [1.165, 1.54) is 6.42 Å². The second-order valence-electron chi connectivity index (χ2n) is 3.71. The van der Waals surface area contributed by atoms with E-state index in [4.69, 9.17) is 0 Å². The average molecular weight is 192 g/mol. The molecule has 14 heavy (non-hydrogen) atoms. The average Bonchev–Trinajstić information content (AvgIpc) is 2.65. The molecule has 1 aliphatic rings. The second-order valence-corrected chi connectivity index (χ2v) is 3.71. The molecule has 1 saturated heterocycles. The minimum absolute atomic E-state index is 0.390. The molecule has 1 radical (unpaired) electrons. The molecular weight excluding hydrogens is 177 g/mol. The molecule has 0 N–H and O–H groups in total. The van der Waals surface area contributed by atoms with Crippen molar-refractivity contribution in [1.82, 2.24) is 25.0 Å². The maximum Gasteiger partial charge on any atom is 0.205 e. The normalized spacial score (nSPS) is 23.7. The minimum Gasteiger partial charge on any atom is -0.345 e. The van der Waals surface area contributed by atoms with Gasteiger partial charge in [0.15, 0.2) is 5.82 Å². The zero-order valence-electron chi connectivity index (χ0n) is 8.72. The van der Waals surface area contributed by atoms with Crippen molar-refractivity contribution < 1.29 is 0 Å². The Morgan fingerprint density at radius 3 is 3.00 bits per heavy atom. The van der Waals surface area contributed by atoms with Crippen molar-refractivity contribution in [3.8, 4) is 0 Å². The van der Waals surface area contributed by atoms with Gasteiger partial charge in [-0.3, -0.25) is 0 Å². The van der Waals surface area contributed by atoms with E-state index in [1.54, 1.807) is 4.80 Å². The fraction of sp³-hybridized carbons (Fsp3) is 0.875. The van der Waals surface area contributed by atoms with Gasteiger partial charge in [0, 0.05) is 6.54 Å². The number of aryl methyl sites for hydroxylation is 1. The first-order chi connectivity index (χ1) is 6.79. The molecule has 1 aromatic heterocycles. The second kappa shape index (κ2) is 4.08. The molecule has 0 spiro atoms. The van der Waals surface area contributed by atoms with Crippen LogP contribution >= 0.6 is 0 Å². The summed E-state index contributed by atoms with van der Waals surface area (Å²) in [5.74, 6) is 0.752. The van der Waals surface area contributed by atoms with Crippen molar-refractivity contribution in [3.63, 3.8) is 0 Å². The zero-order chi connectivity index (χ0) is 9.97. The molecular formula is C8H15BN5. The number of piperidine rings is 1. The smallest absolute Gasteiger partial charge is 0.205 e. The van der Waals surface area contributed by atoms with E-state index in [9.17, 15) is 0 Å². The third-order valence-corrected chi connectivity index (χ3v) is 2.65. The third kappa shape index (κ3) is 1.95. The predicted molar refractivity (Wildman–Crippen MR) is 54.0 cm³/mol. The Hall–Kier alpha value is -0.905. The first kappa shape index (κ1) is 9.64. The zero-order valence-corrected chi connectivity index (χ0v) is 8.72. The molecule has 1 aliphatic heterocycles. The molecule has 6 heteroatoms. The van der Waals surface area contributed by atoms with Crippen molar-refractivity contribution >= 4 is 7.41 Å². The Balaban J connectivity index is 2.04. The van der Waals surface area contributed by atoms with Crippen LogP contribution in [0, 0.1) is 6.92 Å². The van der Waals surface area contributed by atoms with Crippen LogP contribution in [-0.4, -0.2) is 45.5 Å². The highest BCUT2D eigenvalue weighted by Gasteiger charge is 2.21. The molecule has 0 aromatic carbocycles. The lowest BCUT2D eigenvalue weighted by Crippen LogP contribution is -2.38. The molecule has 0 saturated carbocycles. The fourth-order valence-electron chi connectivity index (χ4n) is 1.86. The van der Waals surface area contributed by atoms with Gasteiger partial charge in [0.1, 0.15) is 0 Å². The summed E-state index contributed by atoms with van der Waals surface area (Å²) >= 11 is 0. The SMILES string of the molecule is C[B]N1CCCC(n2nnc(C)n2)C1. The highest BCUT2D eigenvalue weighted by Crippen LogP contribution is 2.18. The van der Waals surface area contributed by atoms with E-state index in [2.05, 4.69) is 34.5 Å². The lowest BCUT2D eigenvalue weighted by molar-refractivity contribution is 0.238. The third-order valence-electron chi connectivity index (χ3n) is 2.65. The van der Waals surface area contributed by atoms with Crippen LogP contribution in [0.3, 0.4) is 0 Å². The van der Waals surface area contributed by atoms with E-state index in [1.807, 2.05) is 6.92 Å². The van der Waals surface area contributed by atoms with Crippen LogP contribution in [0.4, 0.5) is 0 Å². The molecule has 0 amide bonds. The summed E-state index contributed by atoms with van der Waals surface area (Å²) in [4.78, 5) is 4.07. The van der Waals surface area contributed by atoms with Crippen molar-refractivity contribution in [2.24, 2.45) is 0 Å². The summed E-state index contributed by atoms with van der Waals surface area (Å²) in [6.45, 7) is 6.10. The number of tetrazole rings is 1. The van der Waals surface area contributed by atoms with Crippen LogP contribution in [0.25, 0.3) is 0 Å².